The van der Waals surface area contributed by atoms with Crippen molar-refractivity contribution in [1.29, 1.82) is 0 Å². The van der Waals surface area contributed by atoms with Crippen molar-refractivity contribution in [2.75, 3.05) is 0 Å². The normalized spacial score (nSPS) is 10.8. The number of hydrogen-bond donors (Lipinski definition) is 2. The number of aromatic nitrogens is 6. The second-order valence-corrected chi connectivity index (χ2v) is 15.7. The smallest absolute Gasteiger partial charge is 2.00 e. The Morgan fingerprint density at radius 3 is 0.676 bits per heavy atom. The van der Waals surface area contributed by atoms with Crippen LogP contribution in [0.4, 0.5) is 0 Å². The topological polar surface area (TPSA) is 522 Å². The van der Waals surface area contributed by atoms with Gasteiger partial charge in [-0.3, -0.25) is 39.7 Å². The van der Waals surface area contributed by atoms with Crippen LogP contribution in [-0.2, 0) is 92.1 Å². The zero-order chi connectivity index (χ0) is 51.2. The average Bonchev–Trinajstić information content (AvgIpc) is 3.23. The molecule has 71 heavy (non-hydrogen) atoms. The van der Waals surface area contributed by atoms with E-state index < -0.39 is 41.0 Å². The van der Waals surface area contributed by atoms with Crippen LogP contribution in [0.1, 0.15) is 45.6 Å². The Balaban J connectivity index is -0.000000917. The van der Waals surface area contributed by atoms with Gasteiger partial charge in [0.2, 0.25) is 0 Å². The van der Waals surface area contributed by atoms with Gasteiger partial charge < -0.3 is 15.7 Å². The standard InChI is InChI=1S/2C19H20N4O.4ClHO4.2Fe.O/c2*24-15-19-9-5-8-18(22-19)14-23(12-16-6-1-3-10-20-16)13-17-7-2-4-11-21-17;4*2-1(3,4)5;;;/h2*1-11,24H,12-15H2;4*(H,2,3,4,5);;;/q;;;;;;2*+4;-2/p-4. The molecule has 6 heterocycles. The maximum absolute atomic E-state index is 9.27. The Bertz CT molecular complexity index is 1930. The van der Waals surface area contributed by atoms with Gasteiger partial charge in [-0.05, 0) is 72.8 Å². The number of hydrogen-bond acceptors (Lipinski definition) is 26. The van der Waals surface area contributed by atoms with Gasteiger partial charge in [-0.15, -0.1) is 41.0 Å². The van der Waals surface area contributed by atoms with E-state index >= 15 is 0 Å². The van der Waals surface area contributed by atoms with Crippen molar-refractivity contribution in [1.82, 2.24) is 39.7 Å². The molecular weight excluding hydrogens is 1130 g/mol. The Labute approximate surface area is 434 Å². The number of nitrogens with zero attached hydrogens (tertiary/aromatic N) is 8. The summed E-state index contributed by atoms with van der Waals surface area (Å²) in [6, 6.07) is 35.1. The van der Waals surface area contributed by atoms with E-state index in [0.717, 1.165) is 34.2 Å². The molecule has 0 spiro atoms. The van der Waals surface area contributed by atoms with Gasteiger partial charge >= 0.3 is 34.1 Å². The first-order valence-corrected chi connectivity index (χ1v) is 23.2. The fraction of sp³-hybridized carbons (Fsp3) is 0.211. The van der Waals surface area contributed by atoms with Crippen LogP contribution >= 0.6 is 0 Å². The molecule has 0 radical (unpaired) electrons. The van der Waals surface area contributed by atoms with Crippen LogP contribution in [0.3, 0.4) is 0 Å². The van der Waals surface area contributed by atoms with Crippen molar-refractivity contribution in [2.45, 2.75) is 52.5 Å². The quantitative estimate of drug-likeness (QED) is 0.0956. The molecular formula is C38H40Cl4Fe2N8O19+2. The maximum Gasteiger partial charge on any atom is 4.00 e. The third kappa shape index (κ3) is 47.0. The first kappa shape index (κ1) is 71.5. The zero-order valence-electron chi connectivity index (χ0n) is 36.0. The van der Waals surface area contributed by atoms with Gasteiger partial charge in [0.15, 0.2) is 0 Å². The van der Waals surface area contributed by atoms with Gasteiger partial charge in [0.05, 0.1) is 58.8 Å². The van der Waals surface area contributed by atoms with E-state index in [9.17, 15) is 10.2 Å². The Morgan fingerprint density at radius 1 is 0.310 bits per heavy atom. The number of rotatable bonds is 14. The predicted octanol–water partition coefficient (Wildman–Crippen LogP) is -14.0. The molecule has 0 saturated carbocycles. The van der Waals surface area contributed by atoms with E-state index in [4.69, 9.17) is 74.5 Å². The number of pyridine rings is 6. The molecule has 388 valence electrons. The van der Waals surface area contributed by atoms with E-state index in [1.807, 2.05) is 109 Å². The van der Waals surface area contributed by atoms with Crippen molar-refractivity contribution in [3.63, 3.8) is 0 Å². The van der Waals surface area contributed by atoms with Crippen LogP contribution < -0.4 is 74.5 Å². The molecule has 0 amide bonds. The molecule has 6 aromatic rings. The molecule has 6 rings (SSSR count). The van der Waals surface area contributed by atoms with Crippen molar-refractivity contribution < 1.29 is 165 Å². The van der Waals surface area contributed by atoms with Crippen LogP contribution in [0.15, 0.2) is 134 Å². The van der Waals surface area contributed by atoms with Gasteiger partial charge in [0.1, 0.15) is 0 Å². The molecule has 6 aromatic heterocycles. The SMILES string of the molecule is OCc1cccc(CN(Cc2ccccn2)Cc2ccccn2)n1.OCc1cccc(CN(Cc2ccccn2)Cc2ccccn2)n1.[Fe+4].[Fe+4].[O-2].[O-][Cl+3]([O-])([O-])[O-].[O-][Cl+3]([O-])([O-])[O-].[O-][Cl+3]([O-])([O-])[O-].[O-][Cl+3]([O-])([O-])[O-]. The number of aliphatic hydroxyl groups excluding tert-OH is 2. The van der Waals surface area contributed by atoms with Crippen LogP contribution in [0.2, 0.25) is 0 Å². The summed E-state index contributed by atoms with van der Waals surface area (Å²) < 4.78 is 136. The summed E-state index contributed by atoms with van der Waals surface area (Å²) in [7, 11) is -19.8. The minimum atomic E-state index is -4.94. The van der Waals surface area contributed by atoms with Crippen molar-refractivity contribution >= 4 is 0 Å². The summed E-state index contributed by atoms with van der Waals surface area (Å²) in [5, 5.41) is 18.5. The molecule has 33 heteroatoms. The third-order valence-corrected chi connectivity index (χ3v) is 7.27. The van der Waals surface area contributed by atoms with Gasteiger partial charge in [-0.2, -0.15) is 0 Å². The third-order valence-electron chi connectivity index (χ3n) is 7.27. The van der Waals surface area contributed by atoms with Crippen LogP contribution in [0.25, 0.3) is 0 Å². The van der Waals surface area contributed by atoms with E-state index in [0.29, 0.717) is 50.7 Å². The first-order chi connectivity index (χ1) is 31.7. The van der Waals surface area contributed by atoms with Gasteiger partial charge in [0.25, 0.3) is 0 Å². The average molecular weight is 1170 g/mol. The van der Waals surface area contributed by atoms with Gasteiger partial charge in [-0.1, -0.05) is 36.4 Å². The second kappa shape index (κ2) is 37.9. The first-order valence-electron chi connectivity index (χ1n) is 18.3. The molecule has 0 unspecified atom stereocenters. The van der Waals surface area contributed by atoms with Crippen molar-refractivity contribution in [3.8, 4) is 0 Å². The molecule has 0 aliphatic rings. The largest absolute Gasteiger partial charge is 4.00 e. The summed E-state index contributed by atoms with van der Waals surface area (Å²) in [6.07, 6.45) is 7.22. The number of halogens is 4. The van der Waals surface area contributed by atoms with E-state index in [-0.39, 0.29) is 52.8 Å². The zero-order valence-corrected chi connectivity index (χ0v) is 41.2. The minimum Gasteiger partial charge on any atom is -2.00 e. The molecule has 0 aromatic carbocycles. The molecule has 0 aliphatic heterocycles. The van der Waals surface area contributed by atoms with E-state index in [1.165, 1.54) is 0 Å². The van der Waals surface area contributed by atoms with Crippen LogP contribution in [0.5, 0.6) is 0 Å². The second-order valence-electron chi connectivity index (χ2n) is 12.6. The predicted molar refractivity (Wildman–Crippen MR) is 184 cm³/mol. The Hall–Kier alpha value is -3.74. The molecule has 0 atom stereocenters. The molecule has 2 N–H and O–H groups in total. The van der Waals surface area contributed by atoms with Gasteiger partial charge in [0, 0.05) is 64.1 Å². The molecule has 0 saturated heterocycles. The molecule has 27 nitrogen and oxygen atoms in total. The summed E-state index contributed by atoms with van der Waals surface area (Å²) in [5.74, 6) is 0. The molecule has 0 bridgehead atoms. The fourth-order valence-electron chi connectivity index (χ4n) is 5.09. The van der Waals surface area contributed by atoms with Crippen LogP contribution in [-0.4, -0.2) is 49.9 Å². The van der Waals surface area contributed by atoms with Crippen LogP contribution in [0, 0.1) is 41.0 Å². The Kier molecular flexibility index (Phi) is 38.2. The van der Waals surface area contributed by atoms with Gasteiger partial charge in [-0.25, -0.2) is 74.5 Å². The molecule has 0 aliphatic carbocycles. The summed E-state index contributed by atoms with van der Waals surface area (Å²) >= 11 is 0. The fourth-order valence-corrected chi connectivity index (χ4v) is 5.09. The van der Waals surface area contributed by atoms with Crippen molar-refractivity contribution in [3.05, 3.63) is 180 Å². The monoisotopic (exact) mass is 1160 g/mol. The van der Waals surface area contributed by atoms with E-state index in [2.05, 4.69) is 39.7 Å². The maximum atomic E-state index is 9.27. The Morgan fingerprint density at radius 2 is 0.493 bits per heavy atom. The summed E-state index contributed by atoms with van der Waals surface area (Å²) in [5.41, 5.74) is 7.24. The summed E-state index contributed by atoms with van der Waals surface area (Å²) in [6.45, 7) is 4.08. The number of aliphatic hydroxyl groups is 2. The summed E-state index contributed by atoms with van der Waals surface area (Å²) in [4.78, 5) is 31.1. The van der Waals surface area contributed by atoms with E-state index in [1.54, 1.807) is 24.8 Å². The minimum absolute atomic E-state index is 0. The van der Waals surface area contributed by atoms with Crippen molar-refractivity contribution in [2.24, 2.45) is 0 Å². The molecule has 0 fully saturated rings.